The van der Waals surface area contributed by atoms with Gasteiger partial charge in [-0.2, -0.15) is 0 Å². The molecule has 11 heteroatoms. The topological polar surface area (TPSA) is 93.8 Å². The van der Waals surface area contributed by atoms with Crippen LogP contribution in [0.1, 0.15) is 27.9 Å². The van der Waals surface area contributed by atoms with Crippen LogP contribution in [0.3, 0.4) is 0 Å². The number of nitrogens with zero attached hydrogens (tertiary/aromatic N) is 2. The molecule has 5 aromatic rings. The van der Waals surface area contributed by atoms with Gasteiger partial charge >= 0.3 is 0 Å². The van der Waals surface area contributed by atoms with Crippen LogP contribution in [0, 0.1) is 6.92 Å². The van der Waals surface area contributed by atoms with E-state index < -0.39 is 15.9 Å². The molecule has 5 aromatic carbocycles. The third kappa shape index (κ3) is 10.4. The molecular weight excluding hydrogens is 722 g/mol. The van der Waals surface area contributed by atoms with Crippen LogP contribution in [-0.4, -0.2) is 70.8 Å². The molecule has 1 saturated heterocycles. The second-order valence-corrected chi connectivity index (χ2v) is 16.5. The van der Waals surface area contributed by atoms with Gasteiger partial charge in [-0.15, -0.1) is 11.8 Å². The molecule has 0 spiro atoms. The lowest BCUT2D eigenvalue weighted by molar-refractivity contribution is 0.0981. The molecule has 1 aliphatic heterocycles. The zero-order valence-corrected chi connectivity index (χ0v) is 32.5. The summed E-state index contributed by atoms with van der Waals surface area (Å²) in [5.41, 5.74) is 6.58. The van der Waals surface area contributed by atoms with Crippen LogP contribution >= 0.6 is 23.4 Å². The van der Waals surface area contributed by atoms with Crippen LogP contribution in [0.15, 0.2) is 131 Å². The zero-order valence-electron chi connectivity index (χ0n) is 30.1. The lowest BCUT2D eigenvalue weighted by Crippen LogP contribution is -2.46. The first kappa shape index (κ1) is 38.4. The van der Waals surface area contributed by atoms with Gasteiger partial charge in [0.2, 0.25) is 0 Å². The number of nitrogens with one attached hydrogen (secondary N) is 3. The van der Waals surface area contributed by atoms with Crippen molar-refractivity contribution in [1.29, 1.82) is 0 Å². The van der Waals surface area contributed by atoms with Gasteiger partial charge in [0, 0.05) is 71.4 Å². The minimum absolute atomic E-state index is 0.0459. The van der Waals surface area contributed by atoms with E-state index in [4.69, 9.17) is 11.6 Å². The van der Waals surface area contributed by atoms with E-state index in [1.54, 1.807) is 42.1 Å². The highest BCUT2D eigenvalue weighted by atomic mass is 35.5. The quantitative estimate of drug-likeness (QED) is 0.0926. The van der Waals surface area contributed by atoms with Crippen molar-refractivity contribution in [2.24, 2.45) is 0 Å². The van der Waals surface area contributed by atoms with E-state index in [1.807, 2.05) is 56.4 Å². The Hall–Kier alpha value is -4.32. The third-order valence-electron chi connectivity index (χ3n) is 9.47. The van der Waals surface area contributed by atoms with Crippen LogP contribution in [0.25, 0.3) is 11.1 Å². The summed E-state index contributed by atoms with van der Waals surface area (Å²) in [6, 6.07) is 39.0. The van der Waals surface area contributed by atoms with Gasteiger partial charge in [0.15, 0.2) is 0 Å². The minimum Gasteiger partial charge on any atom is -0.381 e. The molecule has 0 unspecified atom stereocenters. The predicted octanol–water partition coefficient (Wildman–Crippen LogP) is 7.94. The Balaban J connectivity index is 1.02. The number of rotatable bonds is 15. The summed E-state index contributed by atoms with van der Waals surface area (Å²) in [6.45, 7) is 7.05. The summed E-state index contributed by atoms with van der Waals surface area (Å²) < 4.78 is 28.9. The standard InChI is InChI=1S/C42H46ClN5O3S2/c1-31-28-39(20-21-41(31)45-36(22-23-44-2)30-52-38-9-4-3-5-10-38)53(50,51)46-42(49)33-14-18-37(19-15-33)48-26-24-47(25-27-48)29-34-8-6-7-11-40(34)32-12-16-35(43)17-13-32/h3-21,28,36,44-45H,22-27,29-30H2,1-2H3,(H,46,49)/t36-/m1/s1. The fraction of sp³-hybridized carbons (Fsp3) is 0.262. The SMILES string of the molecule is CNCC[C@H](CSc1ccccc1)Nc1ccc(S(=O)(=O)NC(=O)c2ccc(N3CCN(Cc4ccccc4-c4ccc(Cl)cc4)CC3)cc2)cc1C. The molecule has 8 nitrogen and oxygen atoms in total. The number of benzene rings is 5. The summed E-state index contributed by atoms with van der Waals surface area (Å²) in [7, 11) is -2.15. The Kier molecular flexibility index (Phi) is 13.1. The average Bonchev–Trinajstić information content (AvgIpc) is 3.17. The van der Waals surface area contributed by atoms with Crippen molar-refractivity contribution in [1.82, 2.24) is 14.9 Å². The average molecular weight is 768 g/mol. The van der Waals surface area contributed by atoms with Crippen LogP contribution in [-0.2, 0) is 16.6 Å². The monoisotopic (exact) mass is 767 g/mol. The summed E-state index contributed by atoms with van der Waals surface area (Å²) in [5, 5.41) is 7.54. The molecule has 0 aliphatic carbocycles. The molecule has 0 bridgehead atoms. The lowest BCUT2D eigenvalue weighted by Gasteiger charge is -2.36. The fourth-order valence-electron chi connectivity index (χ4n) is 6.45. The summed E-state index contributed by atoms with van der Waals surface area (Å²) in [5.74, 6) is 0.197. The van der Waals surface area contributed by atoms with Crippen LogP contribution in [0.2, 0.25) is 5.02 Å². The van der Waals surface area contributed by atoms with Gasteiger partial charge in [-0.05, 0) is 116 Å². The predicted molar refractivity (Wildman–Crippen MR) is 220 cm³/mol. The summed E-state index contributed by atoms with van der Waals surface area (Å²) in [6.07, 6.45) is 0.904. The first-order valence-electron chi connectivity index (χ1n) is 17.9. The molecule has 1 heterocycles. The number of amides is 1. The van der Waals surface area contributed by atoms with E-state index in [9.17, 15) is 13.2 Å². The Morgan fingerprint density at radius 3 is 2.25 bits per heavy atom. The second kappa shape index (κ2) is 18.1. The van der Waals surface area contributed by atoms with E-state index in [0.29, 0.717) is 0 Å². The van der Waals surface area contributed by atoms with Gasteiger partial charge in [-0.3, -0.25) is 9.69 Å². The fourth-order valence-corrected chi connectivity index (χ4v) is 8.63. The highest BCUT2D eigenvalue weighted by Gasteiger charge is 2.22. The Morgan fingerprint density at radius 2 is 1.55 bits per heavy atom. The molecule has 6 rings (SSSR count). The van der Waals surface area contributed by atoms with E-state index in [1.165, 1.54) is 16.0 Å². The first-order valence-corrected chi connectivity index (χ1v) is 20.7. The maximum absolute atomic E-state index is 13.3. The van der Waals surface area contributed by atoms with Gasteiger partial charge in [-0.25, -0.2) is 13.1 Å². The van der Waals surface area contributed by atoms with Crippen LogP contribution in [0.4, 0.5) is 11.4 Å². The van der Waals surface area contributed by atoms with Gasteiger partial charge in [0.1, 0.15) is 0 Å². The molecule has 0 radical (unpaired) electrons. The van der Waals surface area contributed by atoms with Gasteiger partial charge < -0.3 is 15.5 Å². The number of sulfonamides is 1. The van der Waals surface area contributed by atoms with Crippen LogP contribution < -0.4 is 20.3 Å². The number of piperazine rings is 1. The number of anilines is 2. The number of carbonyl (C=O) groups is 1. The summed E-state index contributed by atoms with van der Waals surface area (Å²) in [4.78, 5) is 19.1. The minimum atomic E-state index is -4.08. The van der Waals surface area contributed by atoms with Crippen molar-refractivity contribution in [3.8, 4) is 11.1 Å². The number of carbonyl (C=O) groups excluding carboxylic acids is 1. The normalized spacial score (nSPS) is 14.1. The molecule has 1 fully saturated rings. The molecule has 1 amide bonds. The molecular formula is C42H46ClN5O3S2. The number of hydrogen-bond donors (Lipinski definition) is 3. The highest BCUT2D eigenvalue weighted by molar-refractivity contribution is 7.99. The lowest BCUT2D eigenvalue weighted by atomic mass is 9.99. The number of aryl methyl sites for hydroxylation is 1. The molecule has 276 valence electrons. The Morgan fingerprint density at radius 1 is 0.849 bits per heavy atom. The number of halogens is 1. The van der Waals surface area contributed by atoms with Crippen molar-refractivity contribution in [3.05, 3.63) is 143 Å². The van der Waals surface area contributed by atoms with E-state index in [2.05, 4.69) is 73.7 Å². The molecule has 0 aromatic heterocycles. The van der Waals surface area contributed by atoms with Crippen LogP contribution in [0.5, 0.6) is 0 Å². The van der Waals surface area contributed by atoms with Crippen molar-refractivity contribution in [2.75, 3.05) is 55.7 Å². The highest BCUT2D eigenvalue weighted by Crippen LogP contribution is 2.28. The van der Waals surface area contributed by atoms with Gasteiger partial charge in [0.05, 0.1) is 4.90 Å². The van der Waals surface area contributed by atoms with Crippen molar-refractivity contribution in [2.45, 2.75) is 35.7 Å². The largest absolute Gasteiger partial charge is 0.381 e. The van der Waals surface area contributed by atoms with Crippen molar-refractivity contribution >= 4 is 50.7 Å². The van der Waals surface area contributed by atoms with E-state index in [0.717, 1.165) is 79.0 Å². The molecule has 1 atom stereocenters. The van der Waals surface area contributed by atoms with Crippen molar-refractivity contribution < 1.29 is 13.2 Å². The molecule has 0 saturated carbocycles. The second-order valence-electron chi connectivity index (χ2n) is 13.2. The molecule has 1 aliphatic rings. The summed E-state index contributed by atoms with van der Waals surface area (Å²) >= 11 is 7.90. The third-order valence-corrected chi connectivity index (χ3v) is 12.2. The Bertz CT molecular complexity index is 2070. The zero-order chi connectivity index (χ0) is 37.2. The molecule has 3 N–H and O–H groups in total. The van der Waals surface area contributed by atoms with E-state index >= 15 is 0 Å². The van der Waals surface area contributed by atoms with Crippen molar-refractivity contribution in [3.63, 3.8) is 0 Å². The maximum Gasteiger partial charge on any atom is 0.264 e. The van der Waals surface area contributed by atoms with E-state index in [-0.39, 0.29) is 16.5 Å². The maximum atomic E-state index is 13.3. The number of thioether (sulfide) groups is 1. The Labute approximate surface area is 323 Å². The smallest absolute Gasteiger partial charge is 0.264 e. The number of hydrogen-bond acceptors (Lipinski definition) is 8. The van der Waals surface area contributed by atoms with Gasteiger partial charge in [-0.1, -0.05) is 66.2 Å². The molecule has 53 heavy (non-hydrogen) atoms. The van der Waals surface area contributed by atoms with Gasteiger partial charge in [0.25, 0.3) is 15.9 Å². The first-order chi connectivity index (χ1) is 25.7.